The van der Waals surface area contributed by atoms with Crippen LogP contribution in [-0.4, -0.2) is 12.7 Å². The van der Waals surface area contributed by atoms with E-state index in [-0.39, 0.29) is 0 Å². The zero-order chi connectivity index (χ0) is 8.85. The highest BCUT2D eigenvalue weighted by Gasteiger charge is 2.06. The molecule has 0 bridgehead atoms. The molecular weight excluding hydrogens is 136 g/mol. The summed E-state index contributed by atoms with van der Waals surface area (Å²) in [5, 5.41) is 0. The lowest BCUT2D eigenvalue weighted by molar-refractivity contribution is 0.0296. The molecule has 0 rings (SSSR count). The van der Waals surface area contributed by atoms with Gasteiger partial charge in [0.2, 0.25) is 0 Å². The lowest BCUT2D eigenvalue weighted by atomic mass is 10.1. The monoisotopic (exact) mass is 158 g/mol. The van der Waals surface area contributed by atoms with Crippen LogP contribution in [0.25, 0.3) is 0 Å². The van der Waals surface area contributed by atoms with Crippen LogP contribution in [0.2, 0.25) is 0 Å². The Balaban J connectivity index is 3.24. The Morgan fingerprint density at radius 3 is 1.91 bits per heavy atom. The number of hydrogen-bond acceptors (Lipinski definition) is 1. The number of rotatable bonds is 5. The highest BCUT2D eigenvalue weighted by atomic mass is 16.5. The van der Waals surface area contributed by atoms with Crippen LogP contribution in [-0.2, 0) is 4.74 Å². The Kier molecular flexibility index (Phi) is 5.57. The van der Waals surface area contributed by atoms with E-state index in [0.29, 0.717) is 12.0 Å². The number of ether oxygens (including phenoxy) is 1. The van der Waals surface area contributed by atoms with E-state index in [1.165, 1.54) is 6.42 Å². The summed E-state index contributed by atoms with van der Waals surface area (Å²) in [5.74, 6) is 1.40. The van der Waals surface area contributed by atoms with Gasteiger partial charge in [0.05, 0.1) is 6.10 Å². The minimum absolute atomic E-state index is 0.411. The minimum Gasteiger partial charge on any atom is -0.378 e. The van der Waals surface area contributed by atoms with Crippen molar-refractivity contribution in [1.82, 2.24) is 0 Å². The van der Waals surface area contributed by atoms with E-state index in [0.717, 1.165) is 12.5 Å². The van der Waals surface area contributed by atoms with Crippen LogP contribution in [0.3, 0.4) is 0 Å². The molecule has 1 unspecified atom stereocenters. The molecule has 0 saturated carbocycles. The molecule has 1 heteroatoms. The van der Waals surface area contributed by atoms with Gasteiger partial charge in [0.15, 0.2) is 0 Å². The topological polar surface area (TPSA) is 9.23 Å². The molecule has 1 nitrogen and oxygen atoms in total. The van der Waals surface area contributed by atoms with E-state index in [4.69, 9.17) is 4.74 Å². The Bertz CT molecular complexity index is 86.9. The van der Waals surface area contributed by atoms with Crippen molar-refractivity contribution in [3.8, 4) is 0 Å². The maximum absolute atomic E-state index is 5.61. The van der Waals surface area contributed by atoms with Gasteiger partial charge in [-0.2, -0.15) is 0 Å². The third kappa shape index (κ3) is 6.36. The van der Waals surface area contributed by atoms with Gasteiger partial charge in [-0.3, -0.25) is 0 Å². The van der Waals surface area contributed by atoms with Crippen LogP contribution < -0.4 is 0 Å². The predicted octanol–water partition coefficient (Wildman–Crippen LogP) is 3.09. The summed E-state index contributed by atoms with van der Waals surface area (Å²) in [5.41, 5.74) is 0. The largest absolute Gasteiger partial charge is 0.378 e. The quantitative estimate of drug-likeness (QED) is 0.597. The molecule has 0 fully saturated rings. The van der Waals surface area contributed by atoms with Gasteiger partial charge in [-0.05, 0) is 25.2 Å². The van der Waals surface area contributed by atoms with Crippen molar-refractivity contribution in [2.24, 2.45) is 11.8 Å². The maximum Gasteiger partial charge on any atom is 0.0569 e. The van der Waals surface area contributed by atoms with Gasteiger partial charge in [-0.1, -0.05) is 27.7 Å². The van der Waals surface area contributed by atoms with Gasteiger partial charge in [0.1, 0.15) is 0 Å². The summed E-state index contributed by atoms with van der Waals surface area (Å²) in [6.07, 6.45) is 1.59. The first kappa shape index (κ1) is 11.0. The van der Waals surface area contributed by atoms with Crippen LogP contribution in [0.1, 0.15) is 41.0 Å². The fourth-order valence-electron chi connectivity index (χ4n) is 0.682. The molecule has 0 amide bonds. The summed E-state index contributed by atoms with van der Waals surface area (Å²) in [7, 11) is 0. The van der Waals surface area contributed by atoms with Crippen molar-refractivity contribution in [2.45, 2.75) is 47.1 Å². The second-order valence-corrected chi connectivity index (χ2v) is 4.00. The SMILES string of the molecule is CC(C)CCOC(C)C(C)C. The summed E-state index contributed by atoms with van der Waals surface area (Å²) in [6.45, 7) is 11.9. The van der Waals surface area contributed by atoms with Crippen molar-refractivity contribution >= 4 is 0 Å². The second-order valence-electron chi connectivity index (χ2n) is 4.00. The number of hydrogen-bond donors (Lipinski definition) is 0. The molecule has 11 heavy (non-hydrogen) atoms. The second kappa shape index (κ2) is 5.59. The lowest BCUT2D eigenvalue weighted by Gasteiger charge is -2.17. The zero-order valence-electron chi connectivity index (χ0n) is 8.55. The van der Waals surface area contributed by atoms with Gasteiger partial charge >= 0.3 is 0 Å². The zero-order valence-corrected chi connectivity index (χ0v) is 8.55. The van der Waals surface area contributed by atoms with Crippen molar-refractivity contribution in [3.63, 3.8) is 0 Å². The summed E-state index contributed by atoms with van der Waals surface area (Å²) >= 11 is 0. The smallest absolute Gasteiger partial charge is 0.0569 e. The molecule has 0 heterocycles. The molecule has 0 aromatic heterocycles. The van der Waals surface area contributed by atoms with Gasteiger partial charge in [-0.15, -0.1) is 0 Å². The average molecular weight is 158 g/mol. The van der Waals surface area contributed by atoms with E-state index in [1.54, 1.807) is 0 Å². The Morgan fingerprint density at radius 2 is 1.55 bits per heavy atom. The third-order valence-electron chi connectivity index (χ3n) is 2.01. The van der Waals surface area contributed by atoms with E-state index < -0.39 is 0 Å². The van der Waals surface area contributed by atoms with Crippen molar-refractivity contribution < 1.29 is 4.74 Å². The molecular formula is C10H22O. The fourth-order valence-corrected chi connectivity index (χ4v) is 0.682. The molecule has 68 valence electrons. The van der Waals surface area contributed by atoms with Crippen molar-refractivity contribution in [3.05, 3.63) is 0 Å². The van der Waals surface area contributed by atoms with Gasteiger partial charge < -0.3 is 4.74 Å². The van der Waals surface area contributed by atoms with Crippen LogP contribution >= 0.6 is 0 Å². The summed E-state index contributed by atoms with van der Waals surface area (Å²) < 4.78 is 5.61. The molecule has 0 aliphatic carbocycles. The first-order valence-electron chi connectivity index (χ1n) is 4.65. The molecule has 0 saturated heterocycles. The van der Waals surface area contributed by atoms with E-state index in [9.17, 15) is 0 Å². The standard InChI is InChI=1S/C10H22O/c1-8(2)6-7-11-10(5)9(3)4/h8-10H,6-7H2,1-5H3. The molecule has 0 aromatic carbocycles. The normalized spacial score (nSPS) is 14.5. The average Bonchev–Trinajstić information content (AvgIpc) is 1.86. The highest BCUT2D eigenvalue weighted by molar-refractivity contribution is 4.54. The predicted molar refractivity (Wildman–Crippen MR) is 49.7 cm³/mol. The molecule has 0 aliphatic heterocycles. The Hall–Kier alpha value is -0.0400. The van der Waals surface area contributed by atoms with Gasteiger partial charge in [0, 0.05) is 6.61 Å². The van der Waals surface area contributed by atoms with Gasteiger partial charge in [0.25, 0.3) is 0 Å². The third-order valence-corrected chi connectivity index (χ3v) is 2.01. The fraction of sp³-hybridized carbons (Fsp3) is 1.00. The molecule has 0 aliphatic rings. The molecule has 0 N–H and O–H groups in total. The van der Waals surface area contributed by atoms with Crippen LogP contribution in [0.4, 0.5) is 0 Å². The van der Waals surface area contributed by atoms with Crippen LogP contribution in [0, 0.1) is 11.8 Å². The van der Waals surface area contributed by atoms with Crippen molar-refractivity contribution in [1.29, 1.82) is 0 Å². The molecule has 1 atom stereocenters. The maximum atomic E-state index is 5.61. The van der Waals surface area contributed by atoms with E-state index >= 15 is 0 Å². The minimum atomic E-state index is 0.411. The van der Waals surface area contributed by atoms with Crippen LogP contribution in [0.5, 0.6) is 0 Å². The lowest BCUT2D eigenvalue weighted by Crippen LogP contribution is -2.16. The van der Waals surface area contributed by atoms with E-state index in [2.05, 4.69) is 34.6 Å². The molecule has 0 radical (unpaired) electrons. The summed E-state index contributed by atoms with van der Waals surface area (Å²) in [4.78, 5) is 0. The van der Waals surface area contributed by atoms with Crippen LogP contribution in [0.15, 0.2) is 0 Å². The Morgan fingerprint density at radius 1 is 1.00 bits per heavy atom. The first-order chi connectivity index (χ1) is 5.04. The van der Waals surface area contributed by atoms with E-state index in [1.807, 2.05) is 0 Å². The van der Waals surface area contributed by atoms with Crippen molar-refractivity contribution in [2.75, 3.05) is 6.61 Å². The van der Waals surface area contributed by atoms with Gasteiger partial charge in [-0.25, -0.2) is 0 Å². The molecule has 0 spiro atoms. The molecule has 0 aromatic rings. The first-order valence-corrected chi connectivity index (χ1v) is 4.65. The summed E-state index contributed by atoms with van der Waals surface area (Å²) in [6, 6.07) is 0. The Labute approximate surface area is 71.1 Å². The highest BCUT2D eigenvalue weighted by Crippen LogP contribution is 2.07.